The Morgan fingerprint density at radius 2 is 0.795 bits per heavy atom. The molecule has 4 rings (SSSR count). The Morgan fingerprint density at radius 1 is 0.523 bits per heavy atom. The van der Waals surface area contributed by atoms with Crippen molar-refractivity contribution < 1.29 is 24.6 Å². The number of ketones is 1. The van der Waals surface area contributed by atoms with Crippen LogP contribution in [0.1, 0.15) is 59.5 Å². The van der Waals surface area contributed by atoms with Gasteiger partial charge >= 0.3 is 11.9 Å². The Bertz CT molecular complexity index is 1390. The third-order valence-corrected chi connectivity index (χ3v) is 7.20. The number of hydrogen-bond acceptors (Lipinski definition) is 7. The number of aromatic nitrogens is 2. The summed E-state index contributed by atoms with van der Waals surface area (Å²) in [6.45, 7) is 7.22. The molecule has 0 fully saturated rings. The first kappa shape index (κ1) is 35.1. The molecular formula is C35H42N4O5. The van der Waals surface area contributed by atoms with Gasteiger partial charge in [0.25, 0.3) is 0 Å². The Morgan fingerprint density at radius 3 is 1.00 bits per heavy atom. The Labute approximate surface area is 259 Å². The van der Waals surface area contributed by atoms with Crippen molar-refractivity contribution in [1.82, 2.24) is 9.97 Å². The summed E-state index contributed by atoms with van der Waals surface area (Å²) >= 11 is 0. The van der Waals surface area contributed by atoms with Gasteiger partial charge in [-0.3, -0.25) is 14.8 Å². The van der Waals surface area contributed by atoms with Crippen molar-refractivity contribution in [3.63, 3.8) is 0 Å². The van der Waals surface area contributed by atoms with Crippen LogP contribution in [0.15, 0.2) is 97.6 Å². The molecular weight excluding hydrogens is 556 g/mol. The summed E-state index contributed by atoms with van der Waals surface area (Å²) in [4.78, 5) is 47.2. The number of rotatable bonds is 8. The maximum Gasteiger partial charge on any atom is 0.335 e. The zero-order valence-electron chi connectivity index (χ0n) is 26.6. The van der Waals surface area contributed by atoms with Gasteiger partial charge in [-0.25, -0.2) is 9.59 Å². The van der Waals surface area contributed by atoms with Crippen LogP contribution in [0.2, 0.25) is 0 Å². The van der Waals surface area contributed by atoms with E-state index in [-0.39, 0.29) is 16.9 Å². The first-order valence-corrected chi connectivity index (χ1v) is 14.0. The van der Waals surface area contributed by atoms with Gasteiger partial charge in [-0.1, -0.05) is 24.3 Å². The van der Waals surface area contributed by atoms with Crippen molar-refractivity contribution in [2.24, 2.45) is 0 Å². The molecule has 2 aromatic carbocycles. The number of carboxylic acids is 2. The number of Topliss-reactive ketones (excluding diaryl/α,β-unsaturated/α-hetero) is 1. The van der Waals surface area contributed by atoms with E-state index in [0.29, 0.717) is 0 Å². The third kappa shape index (κ3) is 9.49. The maximum atomic E-state index is 13.3. The van der Waals surface area contributed by atoms with Gasteiger partial charge in [0, 0.05) is 75.2 Å². The van der Waals surface area contributed by atoms with E-state index in [0.717, 1.165) is 11.1 Å². The number of hydrogen-bond donors (Lipinski definition) is 2. The van der Waals surface area contributed by atoms with Gasteiger partial charge < -0.3 is 20.0 Å². The van der Waals surface area contributed by atoms with Gasteiger partial charge in [-0.2, -0.15) is 0 Å². The van der Waals surface area contributed by atoms with E-state index in [1.807, 2.05) is 62.3 Å². The highest BCUT2D eigenvalue weighted by molar-refractivity contribution is 5.98. The normalized spacial score (nSPS) is 10.7. The maximum absolute atomic E-state index is 13.3. The van der Waals surface area contributed by atoms with Gasteiger partial charge in [-0.05, 0) is 87.4 Å². The fourth-order valence-electron chi connectivity index (χ4n) is 4.39. The van der Waals surface area contributed by atoms with Crippen LogP contribution in [0.25, 0.3) is 0 Å². The molecule has 2 aromatic heterocycles. The summed E-state index contributed by atoms with van der Waals surface area (Å²) in [5.41, 5.74) is 2.47. The first-order valence-electron chi connectivity index (χ1n) is 14.0. The highest BCUT2D eigenvalue weighted by Gasteiger charge is 2.41. The molecule has 44 heavy (non-hydrogen) atoms. The second kappa shape index (κ2) is 15.4. The van der Waals surface area contributed by atoms with E-state index in [9.17, 15) is 14.4 Å². The average molecular weight is 599 g/mol. The molecule has 0 saturated heterocycles. The molecule has 0 aliphatic rings. The van der Waals surface area contributed by atoms with Crippen LogP contribution in [0, 0.1) is 0 Å². The largest absolute Gasteiger partial charge is 0.478 e. The SMILES string of the molecule is CC(C)(C(=O)C(C)(C)c1ccc(C(=O)O)cc1)c1ccc(C(=O)O)cc1.CN(C)c1ccncc1.CN(C)c1ccncc1. The first-order chi connectivity index (χ1) is 20.6. The summed E-state index contributed by atoms with van der Waals surface area (Å²) < 4.78 is 0. The van der Waals surface area contributed by atoms with E-state index < -0.39 is 22.8 Å². The minimum Gasteiger partial charge on any atom is -0.478 e. The summed E-state index contributed by atoms with van der Waals surface area (Å²) in [7, 11) is 8.04. The third-order valence-electron chi connectivity index (χ3n) is 7.20. The van der Waals surface area contributed by atoms with Gasteiger partial charge in [0.2, 0.25) is 0 Å². The monoisotopic (exact) mass is 598 g/mol. The van der Waals surface area contributed by atoms with E-state index >= 15 is 0 Å². The summed E-state index contributed by atoms with van der Waals surface area (Å²) in [5, 5.41) is 18.0. The number of anilines is 2. The van der Waals surface area contributed by atoms with Crippen molar-refractivity contribution in [3.05, 3.63) is 120 Å². The van der Waals surface area contributed by atoms with Crippen LogP contribution >= 0.6 is 0 Å². The lowest BCUT2D eigenvalue weighted by molar-refractivity contribution is -0.128. The van der Waals surface area contributed by atoms with Gasteiger partial charge in [-0.15, -0.1) is 0 Å². The lowest BCUT2D eigenvalue weighted by atomic mass is 9.67. The molecule has 9 nitrogen and oxygen atoms in total. The van der Waals surface area contributed by atoms with E-state index in [4.69, 9.17) is 10.2 Å². The molecule has 0 amide bonds. The minimum absolute atomic E-state index is 0.0452. The van der Waals surface area contributed by atoms with E-state index in [1.54, 1.807) is 76.7 Å². The molecule has 2 heterocycles. The minimum atomic E-state index is -1.01. The van der Waals surface area contributed by atoms with Crippen LogP contribution in [0.3, 0.4) is 0 Å². The van der Waals surface area contributed by atoms with Gasteiger partial charge in [0.05, 0.1) is 11.1 Å². The summed E-state index contributed by atoms with van der Waals surface area (Å²) in [5.74, 6) is -2.07. The van der Waals surface area contributed by atoms with Crippen molar-refractivity contribution in [2.75, 3.05) is 38.0 Å². The van der Waals surface area contributed by atoms with Gasteiger partial charge in [0.15, 0.2) is 5.78 Å². The highest BCUT2D eigenvalue weighted by Crippen LogP contribution is 2.36. The van der Waals surface area contributed by atoms with E-state index in [2.05, 4.69) is 9.97 Å². The molecule has 0 aliphatic heterocycles. The molecule has 232 valence electrons. The highest BCUT2D eigenvalue weighted by atomic mass is 16.4. The molecule has 0 bridgehead atoms. The fraction of sp³-hybridized carbons (Fsp3) is 0.286. The number of benzene rings is 2. The Balaban J connectivity index is 0.000000302. The molecule has 0 atom stereocenters. The Kier molecular flexibility index (Phi) is 12.3. The molecule has 4 aromatic rings. The number of aromatic carboxylic acids is 2. The predicted molar refractivity (Wildman–Crippen MR) is 175 cm³/mol. The van der Waals surface area contributed by atoms with Crippen LogP contribution < -0.4 is 9.80 Å². The zero-order valence-corrected chi connectivity index (χ0v) is 26.6. The molecule has 0 unspecified atom stereocenters. The fourth-order valence-corrected chi connectivity index (χ4v) is 4.39. The lowest BCUT2D eigenvalue weighted by Gasteiger charge is -2.34. The lowest BCUT2D eigenvalue weighted by Crippen LogP contribution is -2.42. The van der Waals surface area contributed by atoms with Crippen LogP contribution in [0.4, 0.5) is 11.4 Å². The van der Waals surface area contributed by atoms with Crippen molar-refractivity contribution in [1.29, 1.82) is 0 Å². The number of carboxylic acid groups (broad SMARTS) is 2. The van der Waals surface area contributed by atoms with E-state index in [1.165, 1.54) is 35.6 Å². The molecule has 0 spiro atoms. The second-order valence-electron chi connectivity index (χ2n) is 11.5. The molecule has 9 heteroatoms. The molecule has 0 radical (unpaired) electrons. The quantitative estimate of drug-likeness (QED) is 0.244. The predicted octanol–water partition coefficient (Wildman–Crippen LogP) is 6.20. The Hall–Kier alpha value is -5.05. The number of carbonyl (C=O) groups is 3. The molecule has 2 N–H and O–H groups in total. The summed E-state index contributed by atoms with van der Waals surface area (Å²) in [6, 6.07) is 20.5. The van der Waals surface area contributed by atoms with Crippen molar-refractivity contribution >= 4 is 29.1 Å². The average Bonchev–Trinajstić information content (AvgIpc) is 3.02. The smallest absolute Gasteiger partial charge is 0.335 e. The number of nitrogens with zero attached hydrogens (tertiary/aromatic N) is 4. The van der Waals surface area contributed by atoms with Crippen molar-refractivity contribution in [2.45, 2.75) is 38.5 Å². The van der Waals surface area contributed by atoms with Crippen LogP contribution in [0.5, 0.6) is 0 Å². The van der Waals surface area contributed by atoms with Gasteiger partial charge in [0.1, 0.15) is 0 Å². The number of carbonyl (C=O) groups excluding carboxylic acids is 1. The molecule has 0 aliphatic carbocycles. The molecule has 0 saturated carbocycles. The topological polar surface area (TPSA) is 124 Å². The second-order valence-corrected chi connectivity index (χ2v) is 11.5. The zero-order chi connectivity index (χ0) is 33.1. The van der Waals surface area contributed by atoms with Crippen LogP contribution in [-0.2, 0) is 15.6 Å². The summed E-state index contributed by atoms with van der Waals surface area (Å²) in [6.07, 6.45) is 7.15. The van der Waals surface area contributed by atoms with Crippen LogP contribution in [-0.4, -0.2) is 66.1 Å². The standard InChI is InChI=1S/C21H22O5.2C7H10N2/c1-20(2,15-9-5-13(6-10-15)17(22)23)19(26)21(3,4)16-11-7-14(8-12-16)18(24)25;2*1-9(2)7-3-5-8-6-4-7/h5-12H,1-4H3,(H,22,23)(H,24,25);2*3-6H,1-2H3. The van der Waals surface area contributed by atoms with Crippen molar-refractivity contribution in [3.8, 4) is 0 Å². The number of pyridine rings is 2.